The molecule has 1 amide bonds. The molecule has 1 aliphatic heterocycles. The lowest BCUT2D eigenvalue weighted by Gasteiger charge is -2.25. The monoisotopic (exact) mass is 329 g/mol. The lowest BCUT2D eigenvalue weighted by molar-refractivity contribution is -0.148. The Balaban J connectivity index is 2.28. The number of hydrogen-bond acceptors (Lipinski definition) is 2. The Morgan fingerprint density at radius 3 is 2.58 bits per heavy atom. The number of aliphatic carboxylic acids is 1. The zero-order valence-corrected chi connectivity index (χ0v) is 11.6. The summed E-state index contributed by atoms with van der Waals surface area (Å²) in [5.41, 5.74) is 0.414. The van der Waals surface area contributed by atoms with Crippen molar-refractivity contribution in [2.75, 3.05) is 11.9 Å². The summed E-state index contributed by atoms with van der Waals surface area (Å²) in [5, 5.41) is 9.99. The van der Waals surface area contributed by atoms with Crippen molar-refractivity contribution in [1.82, 2.24) is 4.90 Å². The third-order valence-electron chi connectivity index (χ3n) is 3.19. The molecule has 2 atom stereocenters. The molecule has 1 fully saturated rings. The maximum absolute atomic E-state index is 12.9. The van der Waals surface area contributed by atoms with Gasteiger partial charge in [-0.2, -0.15) is 0 Å². The molecule has 1 aromatic carbocycles. The minimum Gasteiger partial charge on any atom is -0.479 e. The van der Waals surface area contributed by atoms with Gasteiger partial charge in [0.15, 0.2) is 6.04 Å². The highest BCUT2D eigenvalue weighted by Crippen LogP contribution is 2.29. The number of carboxylic acids is 1. The lowest BCUT2D eigenvalue weighted by Crippen LogP contribution is -2.35. The van der Waals surface area contributed by atoms with Gasteiger partial charge in [0, 0.05) is 18.3 Å². The van der Waals surface area contributed by atoms with Gasteiger partial charge in [-0.3, -0.25) is 4.79 Å². The van der Waals surface area contributed by atoms with Crippen molar-refractivity contribution in [2.45, 2.75) is 12.5 Å². The van der Waals surface area contributed by atoms with Crippen LogP contribution in [0.4, 0.5) is 4.39 Å². The van der Waals surface area contributed by atoms with Crippen molar-refractivity contribution >= 4 is 27.8 Å². The topological polar surface area (TPSA) is 57.6 Å². The van der Waals surface area contributed by atoms with Crippen LogP contribution in [0.25, 0.3) is 0 Å². The van der Waals surface area contributed by atoms with Gasteiger partial charge in [-0.25, -0.2) is 9.18 Å². The summed E-state index contributed by atoms with van der Waals surface area (Å²) < 4.78 is 12.9. The van der Waals surface area contributed by atoms with E-state index in [1.165, 1.54) is 29.2 Å². The second-order valence-electron chi connectivity index (χ2n) is 4.56. The van der Waals surface area contributed by atoms with Gasteiger partial charge >= 0.3 is 5.97 Å². The van der Waals surface area contributed by atoms with E-state index in [0.717, 1.165) is 0 Å². The minimum atomic E-state index is -1.10. The molecule has 4 nitrogen and oxygen atoms in total. The maximum Gasteiger partial charge on any atom is 0.331 e. The number of amides is 1. The molecule has 2 unspecified atom stereocenters. The van der Waals surface area contributed by atoms with Crippen LogP contribution in [0.5, 0.6) is 0 Å². The summed E-state index contributed by atoms with van der Waals surface area (Å²) in [4.78, 5) is 24.7. The van der Waals surface area contributed by atoms with Crippen LogP contribution in [0.3, 0.4) is 0 Å². The first kappa shape index (κ1) is 14.0. The molecule has 0 aromatic heterocycles. The van der Waals surface area contributed by atoms with E-state index in [4.69, 9.17) is 0 Å². The first-order valence-corrected chi connectivity index (χ1v) is 6.98. The van der Waals surface area contributed by atoms with Crippen molar-refractivity contribution in [3.05, 3.63) is 35.6 Å². The van der Waals surface area contributed by atoms with Crippen LogP contribution in [-0.4, -0.2) is 33.8 Å². The smallest absolute Gasteiger partial charge is 0.331 e. The van der Waals surface area contributed by atoms with Crippen molar-refractivity contribution in [3.8, 4) is 0 Å². The fourth-order valence-electron chi connectivity index (χ4n) is 2.26. The predicted molar refractivity (Wildman–Crippen MR) is 70.4 cm³/mol. The van der Waals surface area contributed by atoms with E-state index < -0.39 is 17.8 Å². The van der Waals surface area contributed by atoms with Crippen LogP contribution in [-0.2, 0) is 9.59 Å². The molecule has 1 aromatic rings. The molecule has 0 spiro atoms. The molecule has 6 heteroatoms. The van der Waals surface area contributed by atoms with Crippen LogP contribution < -0.4 is 0 Å². The van der Waals surface area contributed by atoms with Gasteiger partial charge in [0.1, 0.15) is 5.82 Å². The number of halogens is 2. The normalized spacial score (nSPS) is 20.6. The van der Waals surface area contributed by atoms with Gasteiger partial charge in [-0.1, -0.05) is 28.1 Å². The van der Waals surface area contributed by atoms with Crippen LogP contribution in [0.15, 0.2) is 24.3 Å². The fraction of sp³-hybridized carbons (Fsp3) is 0.385. The summed E-state index contributed by atoms with van der Waals surface area (Å²) in [6.07, 6.45) is 0.343. The van der Waals surface area contributed by atoms with Crippen LogP contribution in [0.2, 0.25) is 0 Å². The van der Waals surface area contributed by atoms with Gasteiger partial charge in [-0.05, 0) is 23.6 Å². The van der Waals surface area contributed by atoms with E-state index in [0.29, 0.717) is 23.9 Å². The number of rotatable bonds is 4. The van der Waals surface area contributed by atoms with E-state index in [1.807, 2.05) is 0 Å². The zero-order valence-electron chi connectivity index (χ0n) is 10.1. The summed E-state index contributed by atoms with van der Waals surface area (Å²) in [6, 6.07) is 4.17. The number of alkyl halides is 1. The fourth-order valence-corrected chi connectivity index (χ4v) is 2.70. The molecule has 0 aliphatic carbocycles. The van der Waals surface area contributed by atoms with Crippen LogP contribution in [0.1, 0.15) is 18.0 Å². The van der Waals surface area contributed by atoms with E-state index >= 15 is 0 Å². The number of carbonyl (C=O) groups excluding carboxylic acids is 1. The van der Waals surface area contributed by atoms with Gasteiger partial charge in [0.25, 0.3) is 0 Å². The molecular weight excluding hydrogens is 317 g/mol. The summed E-state index contributed by atoms with van der Waals surface area (Å²) in [5.74, 6) is -1.59. The van der Waals surface area contributed by atoms with E-state index in [2.05, 4.69) is 15.9 Å². The minimum absolute atomic E-state index is 0.120. The van der Waals surface area contributed by atoms with Crippen LogP contribution >= 0.6 is 15.9 Å². The van der Waals surface area contributed by atoms with E-state index in [9.17, 15) is 19.1 Å². The van der Waals surface area contributed by atoms with E-state index in [1.54, 1.807) is 0 Å². The SMILES string of the molecule is O=C(O)C(c1ccc(F)cc1)N1CC(CBr)CC1=O. The lowest BCUT2D eigenvalue weighted by atomic mass is 10.1. The number of nitrogens with zero attached hydrogens (tertiary/aromatic N) is 1. The van der Waals surface area contributed by atoms with Gasteiger partial charge in [-0.15, -0.1) is 0 Å². The van der Waals surface area contributed by atoms with E-state index in [-0.39, 0.29) is 11.8 Å². The average molecular weight is 330 g/mol. The first-order chi connectivity index (χ1) is 9.02. The zero-order chi connectivity index (χ0) is 14.0. The molecular formula is C13H13BrFNO3. The third kappa shape index (κ3) is 2.94. The second-order valence-corrected chi connectivity index (χ2v) is 5.21. The number of carbonyl (C=O) groups is 2. The van der Waals surface area contributed by atoms with Crippen LogP contribution in [0, 0.1) is 11.7 Å². The molecule has 0 bridgehead atoms. The Morgan fingerprint density at radius 1 is 1.47 bits per heavy atom. The number of benzene rings is 1. The highest BCUT2D eigenvalue weighted by molar-refractivity contribution is 9.09. The molecule has 0 radical (unpaired) electrons. The Kier molecular flexibility index (Phi) is 4.19. The average Bonchev–Trinajstić information content (AvgIpc) is 2.73. The molecule has 0 saturated carbocycles. The summed E-state index contributed by atoms with van der Waals surface area (Å²) >= 11 is 3.31. The molecule has 1 aliphatic rings. The number of hydrogen-bond donors (Lipinski definition) is 1. The Bertz CT molecular complexity index is 491. The molecule has 102 valence electrons. The maximum atomic E-state index is 12.9. The van der Waals surface area contributed by atoms with Crippen molar-refractivity contribution in [2.24, 2.45) is 5.92 Å². The number of likely N-dealkylation sites (tertiary alicyclic amines) is 1. The van der Waals surface area contributed by atoms with Gasteiger partial charge in [0.05, 0.1) is 0 Å². The second kappa shape index (κ2) is 5.69. The molecule has 1 N–H and O–H groups in total. The van der Waals surface area contributed by atoms with Gasteiger partial charge < -0.3 is 10.0 Å². The third-order valence-corrected chi connectivity index (χ3v) is 4.10. The van der Waals surface area contributed by atoms with Gasteiger partial charge in [0.2, 0.25) is 5.91 Å². The molecule has 2 rings (SSSR count). The highest BCUT2D eigenvalue weighted by Gasteiger charge is 2.38. The molecule has 1 heterocycles. The Labute approximate surface area is 118 Å². The first-order valence-electron chi connectivity index (χ1n) is 5.86. The standard InChI is InChI=1S/C13H13BrFNO3/c14-6-8-5-11(17)16(7-8)12(13(18)19)9-1-3-10(15)4-2-9/h1-4,8,12H,5-7H2,(H,18,19). The largest absolute Gasteiger partial charge is 0.479 e. The molecule has 19 heavy (non-hydrogen) atoms. The Morgan fingerprint density at radius 2 is 2.11 bits per heavy atom. The number of carboxylic acid groups (broad SMARTS) is 1. The predicted octanol–water partition coefficient (Wildman–Crippen LogP) is 2.19. The van der Waals surface area contributed by atoms with Crippen molar-refractivity contribution in [1.29, 1.82) is 0 Å². The molecule has 1 saturated heterocycles. The summed E-state index contributed by atoms with van der Waals surface area (Å²) in [6.45, 7) is 0.401. The highest BCUT2D eigenvalue weighted by atomic mass is 79.9. The quantitative estimate of drug-likeness (QED) is 0.861. The summed E-state index contributed by atoms with van der Waals surface area (Å²) in [7, 11) is 0. The Hall–Kier alpha value is -1.43. The van der Waals surface area contributed by atoms with Crippen molar-refractivity contribution < 1.29 is 19.1 Å². The van der Waals surface area contributed by atoms with Crippen molar-refractivity contribution in [3.63, 3.8) is 0 Å².